The zero-order valence-corrected chi connectivity index (χ0v) is 10.6. The number of hydrogen-bond donors (Lipinski definition) is 1. The van der Waals surface area contributed by atoms with E-state index in [1.54, 1.807) is 6.07 Å². The van der Waals surface area contributed by atoms with E-state index in [4.69, 9.17) is 0 Å². The van der Waals surface area contributed by atoms with Crippen molar-refractivity contribution in [3.63, 3.8) is 0 Å². The minimum Gasteiger partial charge on any atom is -0.371 e. The predicted molar refractivity (Wildman–Crippen MR) is 68.2 cm³/mol. The Morgan fingerprint density at radius 1 is 1.21 bits per heavy atom. The van der Waals surface area contributed by atoms with Gasteiger partial charge in [-0.1, -0.05) is 6.07 Å². The highest BCUT2D eigenvalue weighted by atomic mass is 19.4. The molecule has 104 valence electrons. The highest BCUT2D eigenvalue weighted by Crippen LogP contribution is 2.39. The van der Waals surface area contributed by atoms with E-state index in [9.17, 15) is 13.2 Å². The van der Waals surface area contributed by atoms with Gasteiger partial charge in [0.05, 0.1) is 5.56 Å². The highest BCUT2D eigenvalue weighted by Gasteiger charge is 2.40. The predicted octanol–water partition coefficient (Wildman–Crippen LogP) is 2.90. The summed E-state index contributed by atoms with van der Waals surface area (Å²) in [5, 5.41) is 3.36. The third-order valence-corrected chi connectivity index (χ3v) is 4.31. The highest BCUT2D eigenvalue weighted by molar-refractivity contribution is 5.50. The fourth-order valence-electron chi connectivity index (χ4n) is 3.18. The molecule has 0 bridgehead atoms. The van der Waals surface area contributed by atoms with E-state index in [0.717, 1.165) is 45.1 Å². The van der Waals surface area contributed by atoms with Crippen molar-refractivity contribution in [2.45, 2.75) is 19.0 Å². The topological polar surface area (TPSA) is 15.3 Å². The van der Waals surface area contributed by atoms with Gasteiger partial charge in [-0.2, -0.15) is 13.2 Å². The minimum atomic E-state index is -4.26. The van der Waals surface area contributed by atoms with Gasteiger partial charge in [-0.15, -0.1) is 0 Å². The largest absolute Gasteiger partial charge is 0.416 e. The van der Waals surface area contributed by atoms with Gasteiger partial charge in [0, 0.05) is 30.7 Å². The van der Waals surface area contributed by atoms with E-state index in [1.165, 1.54) is 12.1 Å². The van der Waals surface area contributed by atoms with E-state index in [0.29, 0.717) is 5.69 Å². The summed E-state index contributed by atoms with van der Waals surface area (Å²) in [4.78, 5) is 2.09. The molecule has 1 atom stereocenters. The Morgan fingerprint density at radius 2 is 2.05 bits per heavy atom. The summed E-state index contributed by atoms with van der Waals surface area (Å²) in [6.07, 6.45) is -2.07. The second-order valence-electron chi connectivity index (χ2n) is 5.65. The Bertz CT molecular complexity index is 464. The van der Waals surface area contributed by atoms with Crippen molar-refractivity contribution in [2.75, 3.05) is 31.1 Å². The van der Waals surface area contributed by atoms with Gasteiger partial charge in [-0.25, -0.2) is 0 Å². The number of nitrogens with zero attached hydrogens (tertiary/aromatic N) is 1. The van der Waals surface area contributed by atoms with Crippen molar-refractivity contribution in [1.82, 2.24) is 5.32 Å². The van der Waals surface area contributed by atoms with Crippen molar-refractivity contribution < 1.29 is 13.2 Å². The third-order valence-electron chi connectivity index (χ3n) is 4.31. The third kappa shape index (κ3) is 2.43. The van der Waals surface area contributed by atoms with Crippen molar-refractivity contribution in [1.29, 1.82) is 0 Å². The molecule has 2 fully saturated rings. The number of rotatable bonds is 1. The van der Waals surface area contributed by atoms with Gasteiger partial charge in [-0.05, 0) is 37.6 Å². The quantitative estimate of drug-likeness (QED) is 0.844. The first kappa shape index (κ1) is 12.8. The van der Waals surface area contributed by atoms with Crippen LogP contribution >= 0.6 is 0 Å². The first-order valence-corrected chi connectivity index (χ1v) is 6.62. The molecular weight excluding hydrogens is 253 g/mol. The lowest BCUT2D eigenvalue weighted by atomic mass is 9.86. The molecule has 5 heteroatoms. The van der Waals surface area contributed by atoms with Gasteiger partial charge in [-0.3, -0.25) is 0 Å². The van der Waals surface area contributed by atoms with Gasteiger partial charge >= 0.3 is 6.18 Å². The van der Waals surface area contributed by atoms with E-state index in [-0.39, 0.29) is 5.41 Å². The Labute approximate surface area is 110 Å². The first-order valence-electron chi connectivity index (χ1n) is 6.62. The van der Waals surface area contributed by atoms with Crippen LogP contribution in [0.15, 0.2) is 24.3 Å². The Balaban J connectivity index is 1.80. The second kappa shape index (κ2) is 4.40. The van der Waals surface area contributed by atoms with Gasteiger partial charge in [0.15, 0.2) is 0 Å². The molecule has 0 saturated carbocycles. The van der Waals surface area contributed by atoms with E-state index in [1.807, 2.05) is 0 Å². The standard InChI is InChI=1S/C14H17F3N2/c15-14(16,17)11-2-1-3-12(8-11)19-7-5-13(10-19)4-6-18-9-13/h1-3,8,18H,4-7,9-10H2. The summed E-state index contributed by atoms with van der Waals surface area (Å²) in [6.45, 7) is 3.73. The summed E-state index contributed by atoms with van der Waals surface area (Å²) in [5.41, 5.74) is 0.405. The number of alkyl halides is 3. The second-order valence-corrected chi connectivity index (χ2v) is 5.65. The van der Waals surface area contributed by atoms with Crippen molar-refractivity contribution in [2.24, 2.45) is 5.41 Å². The molecule has 1 aromatic carbocycles. The van der Waals surface area contributed by atoms with Crippen LogP contribution in [0.3, 0.4) is 0 Å². The van der Waals surface area contributed by atoms with Gasteiger partial charge in [0.1, 0.15) is 0 Å². The molecule has 0 radical (unpaired) electrons. The van der Waals surface area contributed by atoms with Gasteiger partial charge < -0.3 is 10.2 Å². The zero-order valence-electron chi connectivity index (χ0n) is 10.6. The molecule has 0 aromatic heterocycles. The molecular formula is C14H17F3N2. The van der Waals surface area contributed by atoms with Crippen LogP contribution in [-0.4, -0.2) is 26.2 Å². The fourth-order valence-corrected chi connectivity index (χ4v) is 3.18. The molecule has 19 heavy (non-hydrogen) atoms. The monoisotopic (exact) mass is 270 g/mol. The van der Waals surface area contributed by atoms with E-state index >= 15 is 0 Å². The number of anilines is 1. The molecule has 2 nitrogen and oxygen atoms in total. The minimum absolute atomic E-state index is 0.272. The van der Waals surface area contributed by atoms with Crippen LogP contribution in [0.4, 0.5) is 18.9 Å². The van der Waals surface area contributed by atoms with Gasteiger partial charge in [0.2, 0.25) is 0 Å². The Morgan fingerprint density at radius 3 is 2.74 bits per heavy atom. The molecule has 0 amide bonds. The van der Waals surface area contributed by atoms with Crippen LogP contribution in [0.2, 0.25) is 0 Å². The SMILES string of the molecule is FC(F)(F)c1cccc(N2CCC3(CCNC3)C2)c1. The summed E-state index contributed by atoms with van der Waals surface area (Å²) in [7, 11) is 0. The smallest absolute Gasteiger partial charge is 0.371 e. The molecule has 3 rings (SSSR count). The maximum Gasteiger partial charge on any atom is 0.416 e. The van der Waals surface area contributed by atoms with E-state index in [2.05, 4.69) is 10.2 Å². The molecule has 2 heterocycles. The van der Waals surface area contributed by atoms with Crippen LogP contribution in [0.1, 0.15) is 18.4 Å². The number of nitrogens with one attached hydrogen (secondary N) is 1. The molecule has 0 aliphatic carbocycles. The van der Waals surface area contributed by atoms with E-state index < -0.39 is 11.7 Å². The summed E-state index contributed by atoms with van der Waals surface area (Å²) >= 11 is 0. The van der Waals surface area contributed by atoms with Crippen molar-refractivity contribution >= 4 is 5.69 Å². The van der Waals surface area contributed by atoms with Crippen LogP contribution in [0.25, 0.3) is 0 Å². The molecule has 2 aliphatic rings. The van der Waals surface area contributed by atoms with Gasteiger partial charge in [0.25, 0.3) is 0 Å². The Kier molecular flexibility index (Phi) is 2.96. The van der Waals surface area contributed by atoms with Crippen LogP contribution in [0.5, 0.6) is 0 Å². The summed E-state index contributed by atoms with van der Waals surface area (Å²) in [5.74, 6) is 0. The molecule has 1 unspecified atom stereocenters. The summed E-state index contributed by atoms with van der Waals surface area (Å²) in [6, 6.07) is 5.67. The van der Waals surface area contributed by atoms with Crippen LogP contribution < -0.4 is 10.2 Å². The lowest BCUT2D eigenvalue weighted by Gasteiger charge is -2.24. The fraction of sp³-hybridized carbons (Fsp3) is 0.571. The molecule has 1 N–H and O–H groups in total. The molecule has 1 aromatic rings. The molecule has 1 spiro atoms. The van der Waals surface area contributed by atoms with Crippen molar-refractivity contribution in [3.05, 3.63) is 29.8 Å². The summed E-state index contributed by atoms with van der Waals surface area (Å²) < 4.78 is 38.2. The zero-order chi connectivity index (χ0) is 13.5. The molecule has 2 saturated heterocycles. The molecule has 2 aliphatic heterocycles. The van der Waals surface area contributed by atoms with Crippen molar-refractivity contribution in [3.8, 4) is 0 Å². The average molecular weight is 270 g/mol. The number of halogens is 3. The average Bonchev–Trinajstić information content (AvgIpc) is 3.00. The lowest BCUT2D eigenvalue weighted by molar-refractivity contribution is -0.137. The first-order chi connectivity index (χ1) is 8.99. The van der Waals surface area contributed by atoms with Crippen LogP contribution in [0, 0.1) is 5.41 Å². The maximum atomic E-state index is 12.7. The normalized spacial score (nSPS) is 27.4. The maximum absolute atomic E-state index is 12.7. The Hall–Kier alpha value is -1.23. The van der Waals surface area contributed by atoms with Crippen LogP contribution in [-0.2, 0) is 6.18 Å². The lowest BCUT2D eigenvalue weighted by Crippen LogP contribution is -2.29. The number of benzene rings is 1. The number of hydrogen-bond acceptors (Lipinski definition) is 2.